The summed E-state index contributed by atoms with van der Waals surface area (Å²) in [6, 6.07) is 0. The van der Waals surface area contributed by atoms with E-state index in [-0.39, 0.29) is 11.0 Å². The summed E-state index contributed by atoms with van der Waals surface area (Å²) >= 11 is 11.6. The van der Waals surface area contributed by atoms with Crippen LogP contribution in [0.1, 0.15) is 41.5 Å². The van der Waals surface area contributed by atoms with Crippen LogP contribution in [0.5, 0.6) is 0 Å². The minimum absolute atomic E-state index is 0.0427. The molecule has 0 bridgehead atoms. The van der Waals surface area contributed by atoms with Gasteiger partial charge in [0.15, 0.2) is 0 Å². The second-order valence-corrected chi connectivity index (χ2v) is 10.8. The molecule has 0 saturated carbocycles. The van der Waals surface area contributed by atoms with Crippen molar-refractivity contribution in [1.82, 2.24) is 4.67 Å². The van der Waals surface area contributed by atoms with Gasteiger partial charge >= 0.3 is 0 Å². The fourth-order valence-corrected chi connectivity index (χ4v) is 5.01. The summed E-state index contributed by atoms with van der Waals surface area (Å²) in [7, 11) is 0. The molecule has 1 rings (SSSR count). The van der Waals surface area contributed by atoms with Crippen molar-refractivity contribution in [3.63, 3.8) is 0 Å². The SMILES string of the molecule is CC(C)(C)C1=CN(C(C)(C)C)P(=S)(Cl)O1. The van der Waals surface area contributed by atoms with Gasteiger partial charge in [0.2, 0.25) is 0 Å². The van der Waals surface area contributed by atoms with Crippen molar-refractivity contribution >= 4 is 28.8 Å². The van der Waals surface area contributed by atoms with Crippen molar-refractivity contribution in [3.05, 3.63) is 12.0 Å². The summed E-state index contributed by atoms with van der Waals surface area (Å²) in [6.07, 6.45) is 1.98. The molecule has 0 aromatic rings. The maximum atomic E-state index is 6.30. The van der Waals surface area contributed by atoms with Gasteiger partial charge in [-0.15, -0.1) is 0 Å². The molecule has 0 N–H and O–H groups in total. The van der Waals surface area contributed by atoms with Crippen LogP contribution < -0.4 is 0 Å². The molecule has 5 heteroatoms. The van der Waals surface area contributed by atoms with E-state index in [1.54, 1.807) is 0 Å². The van der Waals surface area contributed by atoms with E-state index < -0.39 is 5.77 Å². The lowest BCUT2D eigenvalue weighted by molar-refractivity contribution is 0.321. The van der Waals surface area contributed by atoms with Gasteiger partial charge in [0, 0.05) is 17.2 Å². The van der Waals surface area contributed by atoms with E-state index in [9.17, 15) is 0 Å². The van der Waals surface area contributed by atoms with Crippen LogP contribution in [0.4, 0.5) is 0 Å². The normalized spacial score (nSPS) is 27.7. The molecule has 1 unspecified atom stereocenters. The average molecular weight is 268 g/mol. The molecule has 0 spiro atoms. The molecule has 1 atom stereocenters. The molecule has 15 heavy (non-hydrogen) atoms. The average Bonchev–Trinajstić information content (AvgIpc) is 2.22. The zero-order valence-corrected chi connectivity index (χ0v) is 12.6. The Morgan fingerprint density at radius 3 is 1.93 bits per heavy atom. The molecule has 2 nitrogen and oxygen atoms in total. The molecule has 0 aromatic carbocycles. The molecule has 88 valence electrons. The first-order valence-corrected chi connectivity index (χ1v) is 8.54. The van der Waals surface area contributed by atoms with E-state index in [4.69, 9.17) is 27.6 Å². The Labute approximate surface area is 103 Å². The van der Waals surface area contributed by atoms with Gasteiger partial charge in [-0.3, -0.25) is 0 Å². The first-order valence-electron chi connectivity index (χ1n) is 4.96. The smallest absolute Gasteiger partial charge is 0.296 e. The lowest BCUT2D eigenvalue weighted by atomic mass is 9.94. The predicted octanol–water partition coefficient (Wildman–Crippen LogP) is 4.47. The third-order valence-electron chi connectivity index (χ3n) is 2.13. The number of allylic oxidation sites excluding steroid dienone is 1. The van der Waals surface area contributed by atoms with Crippen LogP contribution in [0.3, 0.4) is 0 Å². The van der Waals surface area contributed by atoms with Crippen LogP contribution in [0.2, 0.25) is 0 Å². The Hall–Kier alpha value is 0.280. The molecule has 0 radical (unpaired) electrons. The molecule has 0 saturated heterocycles. The van der Waals surface area contributed by atoms with Crippen LogP contribution in [0.25, 0.3) is 0 Å². The summed E-state index contributed by atoms with van der Waals surface area (Å²) in [5, 5.41) is 0. The molecule has 0 aromatic heterocycles. The fraction of sp³-hybridized carbons (Fsp3) is 0.800. The zero-order valence-electron chi connectivity index (χ0n) is 10.2. The second kappa shape index (κ2) is 3.65. The highest BCUT2D eigenvalue weighted by Crippen LogP contribution is 2.66. The van der Waals surface area contributed by atoms with Gasteiger partial charge in [-0.25, -0.2) is 0 Å². The molecular formula is C10H19ClNOPS. The van der Waals surface area contributed by atoms with Crippen LogP contribution in [0.15, 0.2) is 12.0 Å². The van der Waals surface area contributed by atoms with Gasteiger partial charge in [-0.1, -0.05) is 20.8 Å². The Balaban J connectivity index is 3.09. The summed E-state index contributed by atoms with van der Waals surface area (Å²) in [5.41, 5.74) is -0.136. The topological polar surface area (TPSA) is 12.5 Å². The van der Waals surface area contributed by atoms with Crippen molar-refractivity contribution in [2.75, 3.05) is 0 Å². The summed E-state index contributed by atoms with van der Waals surface area (Å²) in [4.78, 5) is 0. The first kappa shape index (κ1) is 13.3. The van der Waals surface area contributed by atoms with Gasteiger partial charge in [0.1, 0.15) is 5.76 Å². The van der Waals surface area contributed by atoms with Gasteiger partial charge in [0.25, 0.3) is 5.77 Å². The highest BCUT2D eigenvalue weighted by molar-refractivity contribution is 8.23. The van der Waals surface area contributed by atoms with Gasteiger partial charge in [-0.2, -0.15) is 0 Å². The van der Waals surface area contributed by atoms with E-state index in [1.807, 2.05) is 10.9 Å². The Morgan fingerprint density at radius 1 is 1.27 bits per heavy atom. The van der Waals surface area contributed by atoms with Gasteiger partial charge in [-0.05, 0) is 43.8 Å². The minimum atomic E-state index is -2.38. The minimum Gasteiger partial charge on any atom is -0.440 e. The van der Waals surface area contributed by atoms with Crippen LogP contribution >= 0.6 is 17.0 Å². The van der Waals surface area contributed by atoms with E-state index in [0.29, 0.717) is 0 Å². The maximum absolute atomic E-state index is 6.30. The Bertz CT molecular complexity index is 340. The quantitative estimate of drug-likeness (QED) is 0.601. The lowest BCUT2D eigenvalue weighted by Crippen LogP contribution is -2.31. The number of halogens is 1. The molecule has 0 aliphatic carbocycles. The van der Waals surface area contributed by atoms with Crippen molar-refractivity contribution in [2.24, 2.45) is 5.41 Å². The van der Waals surface area contributed by atoms with Crippen LogP contribution in [-0.2, 0) is 16.3 Å². The molecule has 0 amide bonds. The highest BCUT2D eigenvalue weighted by atomic mass is 35.7. The second-order valence-electron chi connectivity index (χ2n) is 5.80. The first-order chi connectivity index (χ1) is 6.44. The summed E-state index contributed by atoms with van der Waals surface area (Å²) in [5.74, 6) is -1.50. The number of rotatable bonds is 0. The molecule has 1 heterocycles. The van der Waals surface area contributed by atoms with Gasteiger partial charge < -0.3 is 9.19 Å². The monoisotopic (exact) mass is 267 g/mol. The van der Waals surface area contributed by atoms with Crippen molar-refractivity contribution in [1.29, 1.82) is 0 Å². The fourth-order valence-electron chi connectivity index (χ4n) is 1.25. The largest absolute Gasteiger partial charge is 0.440 e. The Kier molecular flexibility index (Phi) is 3.24. The number of nitrogens with zero attached hydrogens (tertiary/aromatic N) is 1. The summed E-state index contributed by atoms with van der Waals surface area (Å²) < 4.78 is 7.71. The van der Waals surface area contributed by atoms with Crippen molar-refractivity contribution in [3.8, 4) is 0 Å². The predicted molar refractivity (Wildman–Crippen MR) is 70.4 cm³/mol. The van der Waals surface area contributed by atoms with E-state index in [1.165, 1.54) is 0 Å². The molecule has 1 aliphatic heterocycles. The molecular weight excluding hydrogens is 249 g/mol. The highest BCUT2D eigenvalue weighted by Gasteiger charge is 2.41. The standard InChI is InChI=1S/C10H19ClNOPS/c1-9(2,3)8-7-12(10(4,5)6)14(11,15)13-8/h7H,1-6H3. The molecule has 1 aliphatic rings. The Morgan fingerprint density at radius 2 is 1.73 bits per heavy atom. The van der Waals surface area contributed by atoms with E-state index >= 15 is 0 Å². The lowest BCUT2D eigenvalue weighted by Gasteiger charge is -2.34. The maximum Gasteiger partial charge on any atom is 0.296 e. The van der Waals surface area contributed by atoms with Crippen molar-refractivity contribution < 1.29 is 4.52 Å². The van der Waals surface area contributed by atoms with Gasteiger partial charge in [0.05, 0.1) is 0 Å². The summed E-state index contributed by atoms with van der Waals surface area (Å²) in [6.45, 7) is 12.5. The third kappa shape index (κ3) is 2.89. The van der Waals surface area contributed by atoms with E-state index in [0.717, 1.165) is 5.76 Å². The van der Waals surface area contributed by atoms with Crippen LogP contribution in [-0.4, -0.2) is 10.2 Å². The number of hydrogen-bond donors (Lipinski definition) is 0. The number of hydrogen-bond acceptors (Lipinski definition) is 2. The molecule has 0 fully saturated rings. The van der Waals surface area contributed by atoms with E-state index in [2.05, 4.69) is 41.5 Å². The zero-order chi connectivity index (χ0) is 12.1. The third-order valence-corrected chi connectivity index (χ3v) is 5.23. The van der Waals surface area contributed by atoms with Crippen molar-refractivity contribution in [2.45, 2.75) is 47.1 Å². The van der Waals surface area contributed by atoms with Crippen LogP contribution in [0, 0.1) is 5.41 Å².